The quantitative estimate of drug-likeness (QED) is 0.231. The molecule has 0 saturated heterocycles. The van der Waals surface area contributed by atoms with E-state index in [0.717, 1.165) is 17.5 Å². The number of nitrogens with zero attached hydrogens (tertiary/aromatic N) is 1. The van der Waals surface area contributed by atoms with Crippen molar-refractivity contribution in [2.24, 2.45) is 0 Å². The van der Waals surface area contributed by atoms with E-state index in [9.17, 15) is 14.7 Å². The van der Waals surface area contributed by atoms with E-state index in [0.29, 0.717) is 35.9 Å². The lowest BCUT2D eigenvalue weighted by Crippen LogP contribution is -2.38. The van der Waals surface area contributed by atoms with Crippen LogP contribution in [0.1, 0.15) is 40.9 Å². The Kier molecular flexibility index (Phi) is 8.67. The van der Waals surface area contributed by atoms with Gasteiger partial charge in [-0.2, -0.15) is 0 Å². The molecular weight excluding hydrogens is 490 g/mol. The smallest absolute Gasteiger partial charge is 0.347 e. The topological polar surface area (TPSA) is 76.1 Å². The summed E-state index contributed by atoms with van der Waals surface area (Å²) >= 11 is 0. The predicted molar refractivity (Wildman–Crippen MR) is 151 cm³/mol. The Balaban J connectivity index is 1.50. The lowest BCUT2D eigenvalue weighted by Gasteiger charge is -2.24. The number of carbonyl (C=O) groups excluding carboxylic acids is 1. The molecule has 0 aliphatic carbocycles. The fourth-order valence-corrected chi connectivity index (χ4v) is 4.09. The van der Waals surface area contributed by atoms with Gasteiger partial charge in [0.1, 0.15) is 17.2 Å². The standard InChI is InChI=1S/C33H33NO5/c1-24-21-29(17-18-30(24)39-33(2,3)32(36)37)38-28-16-10-15-27(22-28)31(35)34(23-26-13-8-5-9-14-26)20-19-25-11-6-4-7-12-25/h4-18,21-22H,19-20,23H2,1-3H3,(H,36,37). The van der Waals surface area contributed by atoms with Gasteiger partial charge in [-0.25, -0.2) is 4.79 Å². The van der Waals surface area contributed by atoms with E-state index in [4.69, 9.17) is 9.47 Å². The normalized spacial score (nSPS) is 11.1. The summed E-state index contributed by atoms with van der Waals surface area (Å²) < 4.78 is 11.7. The first-order valence-electron chi connectivity index (χ1n) is 12.9. The molecule has 1 N–H and O–H groups in total. The van der Waals surface area contributed by atoms with Gasteiger partial charge in [0.2, 0.25) is 0 Å². The average molecular weight is 524 g/mol. The Morgan fingerprint density at radius 3 is 2.08 bits per heavy atom. The molecule has 0 unspecified atom stereocenters. The Morgan fingerprint density at radius 2 is 1.44 bits per heavy atom. The maximum absolute atomic E-state index is 13.7. The number of rotatable bonds is 11. The van der Waals surface area contributed by atoms with E-state index < -0.39 is 11.6 Å². The molecule has 200 valence electrons. The van der Waals surface area contributed by atoms with Crippen molar-refractivity contribution in [2.45, 2.75) is 39.3 Å². The third-order valence-corrected chi connectivity index (χ3v) is 6.36. The number of amides is 1. The molecule has 6 nitrogen and oxygen atoms in total. The first-order chi connectivity index (χ1) is 18.7. The first kappa shape index (κ1) is 27.5. The SMILES string of the molecule is Cc1cc(Oc2cccc(C(=O)N(CCc3ccccc3)Cc3ccccc3)c2)ccc1OC(C)(C)C(=O)O. The number of benzene rings is 4. The molecule has 0 spiro atoms. The van der Waals surface area contributed by atoms with Crippen LogP contribution in [0.5, 0.6) is 17.2 Å². The van der Waals surface area contributed by atoms with E-state index in [-0.39, 0.29) is 5.91 Å². The molecule has 0 aromatic heterocycles. The van der Waals surface area contributed by atoms with Crippen molar-refractivity contribution in [3.63, 3.8) is 0 Å². The summed E-state index contributed by atoms with van der Waals surface area (Å²) in [6.45, 7) is 5.92. The second-order valence-electron chi connectivity index (χ2n) is 9.92. The van der Waals surface area contributed by atoms with Crippen molar-refractivity contribution in [3.05, 3.63) is 125 Å². The van der Waals surface area contributed by atoms with Crippen LogP contribution in [0.25, 0.3) is 0 Å². The summed E-state index contributed by atoms with van der Waals surface area (Å²) in [6, 6.07) is 32.4. The van der Waals surface area contributed by atoms with Crippen LogP contribution in [0.3, 0.4) is 0 Å². The van der Waals surface area contributed by atoms with E-state index in [1.165, 1.54) is 19.4 Å². The minimum atomic E-state index is -1.35. The van der Waals surface area contributed by atoms with Crippen molar-refractivity contribution in [1.82, 2.24) is 4.90 Å². The van der Waals surface area contributed by atoms with Gasteiger partial charge in [0, 0.05) is 18.7 Å². The molecule has 0 aliphatic rings. The van der Waals surface area contributed by atoms with Gasteiger partial charge in [0.25, 0.3) is 5.91 Å². The fourth-order valence-electron chi connectivity index (χ4n) is 4.09. The zero-order chi connectivity index (χ0) is 27.8. The molecule has 39 heavy (non-hydrogen) atoms. The molecule has 0 fully saturated rings. The molecule has 6 heteroatoms. The summed E-state index contributed by atoms with van der Waals surface area (Å²) in [6.07, 6.45) is 0.752. The van der Waals surface area contributed by atoms with Crippen molar-refractivity contribution < 1.29 is 24.2 Å². The minimum Gasteiger partial charge on any atom is -0.478 e. The summed E-state index contributed by atoms with van der Waals surface area (Å²) in [5.74, 6) is 0.434. The van der Waals surface area contributed by atoms with Crippen molar-refractivity contribution >= 4 is 11.9 Å². The number of carbonyl (C=O) groups is 2. The predicted octanol–water partition coefficient (Wildman–Crippen LogP) is 6.91. The highest BCUT2D eigenvalue weighted by atomic mass is 16.5. The third kappa shape index (κ3) is 7.48. The van der Waals surface area contributed by atoms with Crippen LogP contribution >= 0.6 is 0 Å². The van der Waals surface area contributed by atoms with Crippen molar-refractivity contribution in [1.29, 1.82) is 0 Å². The number of ether oxygens (including phenoxy) is 2. The number of aliphatic carboxylic acids is 1. The molecule has 0 radical (unpaired) electrons. The maximum atomic E-state index is 13.7. The molecule has 4 rings (SSSR count). The molecule has 0 heterocycles. The number of aryl methyl sites for hydroxylation is 1. The zero-order valence-electron chi connectivity index (χ0n) is 22.5. The summed E-state index contributed by atoms with van der Waals surface area (Å²) in [4.78, 5) is 26.9. The number of hydrogen-bond donors (Lipinski definition) is 1. The highest BCUT2D eigenvalue weighted by molar-refractivity contribution is 5.94. The van der Waals surface area contributed by atoms with Crippen molar-refractivity contribution in [3.8, 4) is 17.2 Å². The molecule has 4 aromatic rings. The van der Waals surface area contributed by atoms with E-state index in [2.05, 4.69) is 12.1 Å². The van der Waals surface area contributed by atoms with Gasteiger partial charge < -0.3 is 19.5 Å². The Labute approximate surface area is 229 Å². The number of carboxylic acids is 1. The highest BCUT2D eigenvalue weighted by Crippen LogP contribution is 2.30. The van der Waals surface area contributed by atoms with E-state index in [1.807, 2.05) is 60.4 Å². The maximum Gasteiger partial charge on any atom is 0.347 e. The van der Waals surface area contributed by atoms with Crippen LogP contribution in [-0.2, 0) is 17.8 Å². The van der Waals surface area contributed by atoms with Crippen LogP contribution in [0, 0.1) is 6.92 Å². The van der Waals surface area contributed by atoms with Gasteiger partial charge in [-0.1, -0.05) is 66.7 Å². The van der Waals surface area contributed by atoms with Gasteiger partial charge in [-0.15, -0.1) is 0 Å². The Morgan fingerprint density at radius 1 is 0.795 bits per heavy atom. The number of hydrogen-bond acceptors (Lipinski definition) is 4. The summed E-state index contributed by atoms with van der Waals surface area (Å²) in [5.41, 5.74) is 2.17. The second kappa shape index (κ2) is 12.3. The minimum absolute atomic E-state index is 0.0731. The lowest BCUT2D eigenvalue weighted by atomic mass is 10.1. The summed E-state index contributed by atoms with van der Waals surface area (Å²) in [5, 5.41) is 9.35. The molecule has 4 aromatic carbocycles. The van der Waals surface area contributed by atoms with E-state index in [1.54, 1.807) is 42.5 Å². The molecule has 0 saturated carbocycles. The monoisotopic (exact) mass is 523 g/mol. The largest absolute Gasteiger partial charge is 0.478 e. The van der Waals surface area contributed by atoms with Gasteiger partial charge in [-0.3, -0.25) is 4.79 Å². The molecule has 0 atom stereocenters. The lowest BCUT2D eigenvalue weighted by molar-refractivity contribution is -0.152. The van der Waals surface area contributed by atoms with Crippen LogP contribution in [0.2, 0.25) is 0 Å². The van der Waals surface area contributed by atoms with Crippen LogP contribution < -0.4 is 9.47 Å². The van der Waals surface area contributed by atoms with E-state index >= 15 is 0 Å². The fraction of sp³-hybridized carbons (Fsp3) is 0.212. The Hall–Kier alpha value is -4.58. The highest BCUT2D eigenvalue weighted by Gasteiger charge is 2.30. The van der Waals surface area contributed by atoms with Gasteiger partial charge >= 0.3 is 5.97 Å². The van der Waals surface area contributed by atoms with Crippen LogP contribution in [0.4, 0.5) is 0 Å². The van der Waals surface area contributed by atoms with Crippen LogP contribution in [-0.4, -0.2) is 34.0 Å². The molecule has 0 aliphatic heterocycles. The number of carboxylic acid groups (broad SMARTS) is 1. The first-order valence-corrected chi connectivity index (χ1v) is 12.9. The average Bonchev–Trinajstić information content (AvgIpc) is 2.93. The van der Waals surface area contributed by atoms with Gasteiger partial charge in [-0.05, 0) is 80.3 Å². The second-order valence-corrected chi connectivity index (χ2v) is 9.92. The third-order valence-electron chi connectivity index (χ3n) is 6.36. The molecule has 0 bridgehead atoms. The van der Waals surface area contributed by atoms with Crippen LogP contribution in [0.15, 0.2) is 103 Å². The Bertz CT molecular complexity index is 1420. The van der Waals surface area contributed by atoms with Gasteiger partial charge in [0.15, 0.2) is 5.60 Å². The van der Waals surface area contributed by atoms with Crippen molar-refractivity contribution in [2.75, 3.05) is 6.54 Å². The molecular formula is C33H33NO5. The molecule has 1 amide bonds. The summed E-state index contributed by atoms with van der Waals surface area (Å²) in [7, 11) is 0. The van der Waals surface area contributed by atoms with Gasteiger partial charge in [0.05, 0.1) is 0 Å². The zero-order valence-corrected chi connectivity index (χ0v) is 22.5.